The number of amides is 3. The summed E-state index contributed by atoms with van der Waals surface area (Å²) in [6.45, 7) is 0. The number of imide groups is 1. The van der Waals surface area contributed by atoms with Crippen LogP contribution in [-0.2, 0) is 4.79 Å². The van der Waals surface area contributed by atoms with E-state index >= 15 is 0 Å². The standard InChI is InChI=1S/C3H6N2O2/c1-4-3(7)5-2-6/h2H,1H3,(H2,4,5,6,7). The minimum atomic E-state index is -0.491. The third-order valence-electron chi connectivity index (χ3n) is 0.417. The molecule has 0 unspecified atom stereocenters. The summed E-state index contributed by atoms with van der Waals surface area (Å²) in [7, 11) is 1.43. The van der Waals surface area contributed by atoms with Crippen LogP contribution in [0.1, 0.15) is 0 Å². The summed E-state index contributed by atoms with van der Waals surface area (Å²) >= 11 is 0. The van der Waals surface area contributed by atoms with Crippen molar-refractivity contribution >= 4 is 12.4 Å². The van der Waals surface area contributed by atoms with Crippen LogP contribution in [0.5, 0.6) is 0 Å². The van der Waals surface area contributed by atoms with Gasteiger partial charge < -0.3 is 5.32 Å². The van der Waals surface area contributed by atoms with Crippen molar-refractivity contribution in [3.05, 3.63) is 0 Å². The molecule has 0 radical (unpaired) electrons. The number of urea groups is 1. The molecule has 0 aliphatic rings. The Hall–Kier alpha value is -1.06. The van der Waals surface area contributed by atoms with Gasteiger partial charge in [0.05, 0.1) is 0 Å². The molecular weight excluding hydrogens is 96.0 g/mol. The van der Waals surface area contributed by atoms with Gasteiger partial charge in [0, 0.05) is 7.05 Å². The van der Waals surface area contributed by atoms with E-state index in [1.165, 1.54) is 7.05 Å². The Labute approximate surface area is 40.9 Å². The summed E-state index contributed by atoms with van der Waals surface area (Å²) in [5.74, 6) is 0. The zero-order valence-corrected chi connectivity index (χ0v) is 3.89. The molecule has 0 bridgehead atoms. The molecule has 0 saturated carbocycles. The zero-order valence-electron chi connectivity index (χ0n) is 3.89. The van der Waals surface area contributed by atoms with E-state index in [4.69, 9.17) is 0 Å². The Kier molecular flexibility index (Phi) is 2.67. The lowest BCUT2D eigenvalue weighted by atomic mass is 10.9. The summed E-state index contributed by atoms with van der Waals surface area (Å²) in [4.78, 5) is 19.4. The smallest absolute Gasteiger partial charge is 0.320 e. The third-order valence-corrected chi connectivity index (χ3v) is 0.417. The second-order valence-electron chi connectivity index (χ2n) is 0.841. The first kappa shape index (κ1) is 5.94. The normalized spacial score (nSPS) is 7.00. The molecule has 0 fully saturated rings. The van der Waals surface area contributed by atoms with E-state index in [0.29, 0.717) is 6.41 Å². The molecule has 4 nitrogen and oxygen atoms in total. The molecule has 0 spiro atoms. The maximum absolute atomic E-state index is 9.96. The van der Waals surface area contributed by atoms with Crippen LogP contribution in [0.4, 0.5) is 4.79 Å². The Morgan fingerprint density at radius 3 is 2.43 bits per heavy atom. The molecule has 7 heavy (non-hydrogen) atoms. The predicted octanol–water partition coefficient (Wildman–Crippen LogP) is -0.928. The topological polar surface area (TPSA) is 58.2 Å². The van der Waals surface area contributed by atoms with Gasteiger partial charge in [-0.15, -0.1) is 0 Å². The van der Waals surface area contributed by atoms with E-state index in [0.717, 1.165) is 0 Å². The van der Waals surface area contributed by atoms with Crippen LogP contribution in [0, 0.1) is 0 Å². The fourth-order valence-corrected chi connectivity index (χ4v) is 0.126. The molecule has 40 valence electrons. The van der Waals surface area contributed by atoms with E-state index in [-0.39, 0.29) is 0 Å². The van der Waals surface area contributed by atoms with Crippen LogP contribution in [0.15, 0.2) is 0 Å². The molecule has 3 amide bonds. The highest BCUT2D eigenvalue weighted by molar-refractivity contribution is 5.83. The first-order valence-corrected chi connectivity index (χ1v) is 1.73. The monoisotopic (exact) mass is 102 g/mol. The van der Waals surface area contributed by atoms with Crippen molar-refractivity contribution < 1.29 is 9.59 Å². The number of carbonyl (C=O) groups excluding carboxylic acids is 2. The first-order valence-electron chi connectivity index (χ1n) is 1.73. The fraction of sp³-hybridized carbons (Fsp3) is 0.333. The Balaban J connectivity index is 3.17. The van der Waals surface area contributed by atoms with Gasteiger partial charge in [0.25, 0.3) is 0 Å². The van der Waals surface area contributed by atoms with Crippen molar-refractivity contribution in [2.24, 2.45) is 0 Å². The summed E-state index contributed by atoms with van der Waals surface area (Å²) in [6.07, 6.45) is 0.318. The molecule has 0 aliphatic carbocycles. The number of nitrogens with one attached hydrogen (secondary N) is 2. The summed E-state index contributed by atoms with van der Waals surface area (Å²) in [5, 5.41) is 4.05. The van der Waals surface area contributed by atoms with Crippen LogP contribution < -0.4 is 10.6 Å². The maximum atomic E-state index is 9.96. The van der Waals surface area contributed by atoms with Crippen LogP contribution in [0.2, 0.25) is 0 Å². The molecule has 4 heteroatoms. The Bertz CT molecular complexity index is 81.0. The van der Waals surface area contributed by atoms with Crippen LogP contribution in [0.3, 0.4) is 0 Å². The predicted molar refractivity (Wildman–Crippen MR) is 23.7 cm³/mol. The highest BCUT2D eigenvalue weighted by Crippen LogP contribution is 1.50. The lowest BCUT2D eigenvalue weighted by Gasteiger charge is -1.90. The molecular formula is C3H6N2O2. The van der Waals surface area contributed by atoms with Gasteiger partial charge in [-0.05, 0) is 0 Å². The summed E-state index contributed by atoms with van der Waals surface area (Å²) in [5.41, 5.74) is 0. The molecule has 0 aromatic carbocycles. The number of rotatable bonds is 1. The SMILES string of the molecule is CNC(=O)NC=O. The van der Waals surface area contributed by atoms with Gasteiger partial charge >= 0.3 is 6.03 Å². The third kappa shape index (κ3) is 2.75. The van der Waals surface area contributed by atoms with Gasteiger partial charge in [0.15, 0.2) is 0 Å². The minimum absolute atomic E-state index is 0.318. The van der Waals surface area contributed by atoms with E-state index in [2.05, 4.69) is 5.32 Å². The molecule has 0 rings (SSSR count). The highest BCUT2D eigenvalue weighted by atomic mass is 16.2. The second kappa shape index (κ2) is 3.14. The van der Waals surface area contributed by atoms with Gasteiger partial charge in [0.2, 0.25) is 6.41 Å². The van der Waals surface area contributed by atoms with Gasteiger partial charge in [-0.3, -0.25) is 10.1 Å². The summed E-state index contributed by atoms with van der Waals surface area (Å²) in [6, 6.07) is -0.491. The lowest BCUT2D eigenvalue weighted by Crippen LogP contribution is -2.31. The summed E-state index contributed by atoms with van der Waals surface area (Å²) < 4.78 is 0. The highest BCUT2D eigenvalue weighted by Gasteiger charge is 1.86. The zero-order chi connectivity index (χ0) is 5.70. The minimum Gasteiger partial charge on any atom is -0.341 e. The lowest BCUT2D eigenvalue weighted by molar-refractivity contribution is -0.108. The van der Waals surface area contributed by atoms with Gasteiger partial charge in [-0.25, -0.2) is 4.79 Å². The van der Waals surface area contributed by atoms with Crippen molar-refractivity contribution in [1.29, 1.82) is 0 Å². The number of hydrogen-bond donors (Lipinski definition) is 2. The second-order valence-corrected chi connectivity index (χ2v) is 0.841. The molecule has 0 aromatic heterocycles. The number of hydrogen-bond acceptors (Lipinski definition) is 2. The van der Waals surface area contributed by atoms with E-state index < -0.39 is 6.03 Å². The van der Waals surface area contributed by atoms with Crippen molar-refractivity contribution in [2.45, 2.75) is 0 Å². The first-order chi connectivity index (χ1) is 3.31. The molecule has 0 aliphatic heterocycles. The van der Waals surface area contributed by atoms with Gasteiger partial charge in [0.1, 0.15) is 0 Å². The average molecular weight is 102 g/mol. The Morgan fingerprint density at radius 1 is 1.71 bits per heavy atom. The van der Waals surface area contributed by atoms with Gasteiger partial charge in [-0.2, -0.15) is 0 Å². The van der Waals surface area contributed by atoms with E-state index in [9.17, 15) is 9.59 Å². The maximum Gasteiger partial charge on any atom is 0.320 e. The molecule has 0 atom stereocenters. The average Bonchev–Trinajstić information content (AvgIpc) is 1.68. The van der Waals surface area contributed by atoms with Crippen LogP contribution in [-0.4, -0.2) is 19.5 Å². The van der Waals surface area contributed by atoms with Crippen molar-refractivity contribution in [3.63, 3.8) is 0 Å². The quantitative estimate of drug-likeness (QED) is 0.420. The number of carbonyl (C=O) groups is 2. The van der Waals surface area contributed by atoms with Crippen molar-refractivity contribution in [3.8, 4) is 0 Å². The van der Waals surface area contributed by atoms with Crippen LogP contribution >= 0.6 is 0 Å². The van der Waals surface area contributed by atoms with E-state index in [1.54, 1.807) is 0 Å². The van der Waals surface area contributed by atoms with E-state index in [1.807, 2.05) is 5.32 Å². The fourth-order valence-electron chi connectivity index (χ4n) is 0.126. The largest absolute Gasteiger partial charge is 0.341 e. The molecule has 0 heterocycles. The van der Waals surface area contributed by atoms with Crippen LogP contribution in [0.25, 0.3) is 0 Å². The molecule has 0 aromatic rings. The molecule has 2 N–H and O–H groups in total. The Morgan fingerprint density at radius 2 is 2.29 bits per heavy atom. The molecule has 0 saturated heterocycles. The van der Waals surface area contributed by atoms with Crippen molar-refractivity contribution in [2.75, 3.05) is 7.05 Å². The van der Waals surface area contributed by atoms with Crippen molar-refractivity contribution in [1.82, 2.24) is 10.6 Å². The van der Waals surface area contributed by atoms with Gasteiger partial charge in [-0.1, -0.05) is 0 Å².